The second-order valence-electron chi connectivity index (χ2n) is 13.0. The van der Waals surface area contributed by atoms with E-state index in [0.717, 1.165) is 51.4 Å². The molecule has 1 rings (SSSR count). The summed E-state index contributed by atoms with van der Waals surface area (Å²) in [6.07, 6.45) is 27.3. The summed E-state index contributed by atoms with van der Waals surface area (Å²) in [7, 11) is 0. The molecule has 1 aliphatic rings. The molecule has 11 nitrogen and oxygen atoms in total. The van der Waals surface area contributed by atoms with Crippen LogP contribution in [0.5, 0.6) is 0 Å². The molecule has 0 radical (unpaired) electrons. The first-order valence-electron chi connectivity index (χ1n) is 19.3. The van der Waals surface area contributed by atoms with Gasteiger partial charge in [0, 0.05) is 12.8 Å². The Labute approximate surface area is 311 Å². The van der Waals surface area contributed by atoms with E-state index in [2.05, 4.69) is 62.5 Å². The summed E-state index contributed by atoms with van der Waals surface area (Å²) in [4.78, 5) is 36.5. The van der Waals surface area contributed by atoms with Crippen molar-refractivity contribution in [2.45, 2.75) is 166 Å². The van der Waals surface area contributed by atoms with Gasteiger partial charge in [-0.3, -0.25) is 9.59 Å². The van der Waals surface area contributed by atoms with E-state index in [4.69, 9.17) is 18.9 Å². The molecule has 6 atom stereocenters. The number of aliphatic hydroxyl groups is 3. The van der Waals surface area contributed by atoms with E-state index in [1.165, 1.54) is 32.1 Å². The summed E-state index contributed by atoms with van der Waals surface area (Å²) in [5, 5.41) is 39.6. The van der Waals surface area contributed by atoms with Crippen LogP contribution in [-0.4, -0.2) is 88.4 Å². The lowest BCUT2D eigenvalue weighted by molar-refractivity contribution is -0.298. The van der Waals surface area contributed by atoms with Crippen LogP contribution in [0.4, 0.5) is 0 Å². The molecule has 52 heavy (non-hydrogen) atoms. The van der Waals surface area contributed by atoms with Crippen molar-refractivity contribution < 1.29 is 53.8 Å². The highest BCUT2D eigenvalue weighted by molar-refractivity contribution is 5.73. The van der Waals surface area contributed by atoms with Gasteiger partial charge in [0.05, 0.1) is 6.61 Å². The molecule has 0 bridgehead atoms. The maximum absolute atomic E-state index is 12.6. The number of aliphatic hydroxyl groups excluding tert-OH is 3. The van der Waals surface area contributed by atoms with Crippen LogP contribution in [-0.2, 0) is 33.3 Å². The van der Waals surface area contributed by atoms with Crippen molar-refractivity contribution in [1.82, 2.24) is 0 Å². The maximum atomic E-state index is 12.6. The number of carbonyl (C=O) groups excluding carboxylic acids is 2. The Morgan fingerprint density at radius 2 is 1.13 bits per heavy atom. The summed E-state index contributed by atoms with van der Waals surface area (Å²) in [6.45, 7) is 3.58. The second kappa shape index (κ2) is 31.4. The Kier molecular flexibility index (Phi) is 28.4. The molecule has 0 spiro atoms. The van der Waals surface area contributed by atoms with Crippen LogP contribution >= 0.6 is 0 Å². The Morgan fingerprint density at radius 3 is 1.69 bits per heavy atom. The molecule has 0 amide bonds. The monoisotopic (exact) mass is 734 g/mol. The zero-order chi connectivity index (χ0) is 38.2. The van der Waals surface area contributed by atoms with Gasteiger partial charge in [0.15, 0.2) is 18.5 Å². The first-order valence-corrected chi connectivity index (χ1v) is 19.3. The first-order chi connectivity index (χ1) is 25.2. The van der Waals surface area contributed by atoms with Crippen molar-refractivity contribution >= 4 is 17.9 Å². The average Bonchev–Trinajstić information content (AvgIpc) is 3.12. The SMILES string of the molecule is CC/C=C\C/C=C\C/C=C\C/C=C\C/C=C\CCCC(=O)OCC(COC1OC(C(=O)O)C(O)C(O)C1O)OC(=O)CCCCCCCCCCC. The molecule has 0 saturated carbocycles. The van der Waals surface area contributed by atoms with Crippen LogP contribution < -0.4 is 0 Å². The van der Waals surface area contributed by atoms with Crippen molar-refractivity contribution in [1.29, 1.82) is 0 Å². The number of hydrogen-bond acceptors (Lipinski definition) is 10. The second-order valence-corrected chi connectivity index (χ2v) is 13.0. The molecule has 1 aliphatic heterocycles. The number of carboxylic acids is 1. The fourth-order valence-corrected chi connectivity index (χ4v) is 5.32. The number of hydrogen-bond donors (Lipinski definition) is 4. The first kappa shape index (κ1) is 46.9. The van der Waals surface area contributed by atoms with E-state index in [1.54, 1.807) is 0 Å². The summed E-state index contributed by atoms with van der Waals surface area (Å²) in [5.41, 5.74) is 0. The summed E-state index contributed by atoms with van der Waals surface area (Å²) in [5.74, 6) is -2.53. The van der Waals surface area contributed by atoms with Gasteiger partial charge in [0.2, 0.25) is 0 Å². The van der Waals surface area contributed by atoms with Gasteiger partial charge in [0.25, 0.3) is 0 Å². The maximum Gasteiger partial charge on any atom is 0.335 e. The highest BCUT2D eigenvalue weighted by Gasteiger charge is 2.47. The van der Waals surface area contributed by atoms with Crippen molar-refractivity contribution in [2.24, 2.45) is 0 Å². The summed E-state index contributed by atoms with van der Waals surface area (Å²) < 4.78 is 21.5. The molecular weight excluding hydrogens is 668 g/mol. The third kappa shape index (κ3) is 23.5. The zero-order valence-corrected chi connectivity index (χ0v) is 31.5. The van der Waals surface area contributed by atoms with Gasteiger partial charge in [-0.15, -0.1) is 0 Å². The number of carbonyl (C=O) groups is 3. The minimum Gasteiger partial charge on any atom is -0.479 e. The van der Waals surface area contributed by atoms with Crippen LogP contribution in [0.1, 0.15) is 129 Å². The molecule has 11 heteroatoms. The fraction of sp³-hybridized carbons (Fsp3) is 0.683. The predicted molar refractivity (Wildman–Crippen MR) is 201 cm³/mol. The van der Waals surface area contributed by atoms with E-state index in [0.29, 0.717) is 19.3 Å². The van der Waals surface area contributed by atoms with Gasteiger partial charge in [-0.2, -0.15) is 0 Å². The number of esters is 2. The molecule has 0 aromatic rings. The van der Waals surface area contributed by atoms with E-state index in [9.17, 15) is 34.8 Å². The smallest absolute Gasteiger partial charge is 0.335 e. The fourth-order valence-electron chi connectivity index (χ4n) is 5.32. The molecule has 0 aromatic carbocycles. The molecule has 0 aromatic heterocycles. The highest BCUT2D eigenvalue weighted by atomic mass is 16.7. The molecule has 1 saturated heterocycles. The third-order valence-electron chi connectivity index (χ3n) is 8.38. The van der Waals surface area contributed by atoms with Crippen LogP contribution in [0.25, 0.3) is 0 Å². The molecule has 6 unspecified atom stereocenters. The molecule has 1 fully saturated rings. The lowest BCUT2D eigenvalue weighted by Crippen LogP contribution is -2.60. The van der Waals surface area contributed by atoms with E-state index in [-0.39, 0.29) is 19.4 Å². The van der Waals surface area contributed by atoms with Gasteiger partial charge in [-0.25, -0.2) is 4.79 Å². The standard InChI is InChI=1S/C41H66O11/c1-3-5-7-9-11-13-14-15-16-17-18-19-20-22-23-25-27-29-34(42)49-31-33(51-35(43)30-28-26-24-21-12-10-8-6-4-2)32-50-41-38(46)36(44)37(45)39(52-41)40(47)48/h5,7,11,13,15-16,18-19,22-23,33,36-39,41,44-46H,3-4,6,8-10,12,14,17,20-21,24-32H2,1-2H3,(H,47,48)/b7-5-,13-11-,16-15-,19-18-,23-22-. The van der Waals surface area contributed by atoms with Crippen molar-refractivity contribution in [3.8, 4) is 0 Å². The number of ether oxygens (including phenoxy) is 4. The Balaban J connectivity index is 2.47. The van der Waals surface area contributed by atoms with Crippen LogP contribution in [0, 0.1) is 0 Å². The summed E-state index contributed by atoms with van der Waals surface area (Å²) >= 11 is 0. The lowest BCUT2D eigenvalue weighted by atomic mass is 9.99. The quantitative estimate of drug-likeness (QED) is 0.0335. The molecule has 4 N–H and O–H groups in total. The largest absolute Gasteiger partial charge is 0.479 e. The number of allylic oxidation sites excluding steroid dienone is 10. The third-order valence-corrected chi connectivity index (χ3v) is 8.38. The number of aliphatic carboxylic acids is 1. The predicted octanol–water partition coefficient (Wildman–Crippen LogP) is 7.19. The normalized spacial score (nSPS) is 21.6. The number of carboxylic acid groups (broad SMARTS) is 1. The van der Waals surface area contributed by atoms with Gasteiger partial charge in [-0.1, -0.05) is 126 Å². The zero-order valence-electron chi connectivity index (χ0n) is 31.5. The topological polar surface area (TPSA) is 169 Å². The van der Waals surface area contributed by atoms with Gasteiger partial charge < -0.3 is 39.4 Å². The van der Waals surface area contributed by atoms with E-state index < -0.39 is 61.3 Å². The van der Waals surface area contributed by atoms with Crippen molar-refractivity contribution in [2.75, 3.05) is 13.2 Å². The Morgan fingerprint density at radius 1 is 0.615 bits per heavy atom. The van der Waals surface area contributed by atoms with E-state index in [1.807, 2.05) is 12.2 Å². The number of unbranched alkanes of at least 4 members (excludes halogenated alkanes) is 9. The lowest BCUT2D eigenvalue weighted by Gasteiger charge is -2.38. The molecule has 1 heterocycles. The van der Waals surface area contributed by atoms with Crippen LogP contribution in [0.15, 0.2) is 60.8 Å². The molecular formula is C41H66O11. The van der Waals surface area contributed by atoms with Crippen LogP contribution in [0.3, 0.4) is 0 Å². The number of rotatable bonds is 30. The molecule has 0 aliphatic carbocycles. The Hall–Kier alpha value is -3.09. The average molecular weight is 735 g/mol. The minimum atomic E-state index is -1.87. The van der Waals surface area contributed by atoms with Crippen molar-refractivity contribution in [3.63, 3.8) is 0 Å². The molecule has 296 valence electrons. The Bertz CT molecular complexity index is 1100. The summed E-state index contributed by atoms with van der Waals surface area (Å²) in [6, 6.07) is 0. The van der Waals surface area contributed by atoms with Gasteiger partial charge in [0.1, 0.15) is 24.9 Å². The highest BCUT2D eigenvalue weighted by Crippen LogP contribution is 2.23. The van der Waals surface area contributed by atoms with Crippen LogP contribution in [0.2, 0.25) is 0 Å². The van der Waals surface area contributed by atoms with Crippen molar-refractivity contribution in [3.05, 3.63) is 60.8 Å². The van der Waals surface area contributed by atoms with Gasteiger partial charge >= 0.3 is 17.9 Å². The van der Waals surface area contributed by atoms with Gasteiger partial charge in [-0.05, 0) is 51.4 Å². The minimum absolute atomic E-state index is 0.156. The van der Waals surface area contributed by atoms with E-state index >= 15 is 0 Å².